The topological polar surface area (TPSA) is 191 Å². The lowest BCUT2D eigenvalue weighted by Crippen LogP contribution is -2.70. The normalized spacial score (nSPS) is 38.5. The molecule has 324 valence electrons. The number of ketones is 1. The highest BCUT2D eigenvalue weighted by Gasteiger charge is 2.54. The van der Waals surface area contributed by atoms with Crippen molar-refractivity contribution in [3.8, 4) is 0 Å². The standard InChI is InChI=1S/C42H66N6O10/c1-13-32-42(8)36(45-33(49)23-54-42)28(6)48(11)22-24(2)19-25(3)41(7,53-12)37(26(4)34(50)27(5)38(51)56-32)58-40-35(57-39(52)29-17-15-14-16-18-29)31(47(9)10)20-30(55-40)21-44-46-43/h14-18,24-28,30-32,35-37,40H,13,19-23H2,1-12H3,(H,45,49)/t24-,25-,26+,27+,28-,30+,31?,32-,35-,36-,37-,40+,41+,42-/m1/s1. The Morgan fingerprint density at radius 1 is 1.09 bits per heavy atom. The number of esters is 2. The van der Waals surface area contributed by atoms with Crippen molar-refractivity contribution >= 4 is 23.6 Å². The molecule has 14 atom stereocenters. The number of methoxy groups -OCH3 is 1. The summed E-state index contributed by atoms with van der Waals surface area (Å²) in [4.78, 5) is 62.1. The largest absolute Gasteiger partial charge is 0.459 e. The van der Waals surface area contributed by atoms with Crippen molar-refractivity contribution in [1.29, 1.82) is 0 Å². The molecule has 3 heterocycles. The van der Waals surface area contributed by atoms with Gasteiger partial charge in [0.05, 0.1) is 42.0 Å². The van der Waals surface area contributed by atoms with Gasteiger partial charge in [-0.25, -0.2) is 4.79 Å². The Morgan fingerprint density at radius 3 is 2.36 bits per heavy atom. The summed E-state index contributed by atoms with van der Waals surface area (Å²) in [5.41, 5.74) is 7.29. The average Bonchev–Trinajstić information content (AvgIpc) is 3.20. The molecule has 0 radical (unpaired) electrons. The second-order valence-corrected chi connectivity index (χ2v) is 17.2. The van der Waals surface area contributed by atoms with Gasteiger partial charge in [-0.15, -0.1) is 0 Å². The predicted molar refractivity (Wildman–Crippen MR) is 216 cm³/mol. The van der Waals surface area contributed by atoms with E-state index >= 15 is 0 Å². The molecule has 0 spiro atoms. The van der Waals surface area contributed by atoms with Gasteiger partial charge in [-0.05, 0) is 97.6 Å². The molecule has 4 rings (SSSR count). The minimum atomic E-state index is -1.24. The van der Waals surface area contributed by atoms with Crippen molar-refractivity contribution in [3.05, 3.63) is 46.3 Å². The fourth-order valence-electron chi connectivity index (χ4n) is 9.05. The number of nitrogens with one attached hydrogen (secondary N) is 1. The molecule has 3 aliphatic heterocycles. The summed E-state index contributed by atoms with van der Waals surface area (Å²) in [6.07, 6.45) is -3.32. The van der Waals surface area contributed by atoms with Crippen molar-refractivity contribution in [2.75, 3.05) is 47.9 Å². The van der Waals surface area contributed by atoms with Crippen molar-refractivity contribution in [1.82, 2.24) is 15.1 Å². The number of fused-ring (bicyclic) bond motifs is 1. The highest BCUT2D eigenvalue weighted by atomic mass is 16.7. The van der Waals surface area contributed by atoms with Crippen molar-refractivity contribution < 1.29 is 47.6 Å². The Hall–Kier alpha value is -3.63. The number of cyclic esters (lactones) is 1. The first-order valence-electron chi connectivity index (χ1n) is 20.5. The van der Waals surface area contributed by atoms with Gasteiger partial charge in [-0.2, -0.15) is 0 Å². The summed E-state index contributed by atoms with van der Waals surface area (Å²) in [7, 11) is 7.27. The van der Waals surface area contributed by atoms with Crippen LogP contribution < -0.4 is 5.32 Å². The third kappa shape index (κ3) is 10.4. The van der Waals surface area contributed by atoms with E-state index in [4.69, 9.17) is 28.4 Å². The molecule has 1 aromatic rings. The van der Waals surface area contributed by atoms with E-state index in [1.54, 1.807) is 44.4 Å². The number of ether oxygens (including phenoxy) is 6. The first-order chi connectivity index (χ1) is 27.3. The molecule has 1 aromatic carbocycles. The maximum Gasteiger partial charge on any atom is 0.338 e. The Kier molecular flexibility index (Phi) is 16.3. The monoisotopic (exact) mass is 814 g/mol. The lowest BCUT2D eigenvalue weighted by atomic mass is 9.73. The first-order valence-corrected chi connectivity index (χ1v) is 20.5. The summed E-state index contributed by atoms with van der Waals surface area (Å²) in [5, 5.41) is 6.90. The number of benzene rings is 1. The molecule has 0 saturated carbocycles. The average molecular weight is 815 g/mol. The fourth-order valence-corrected chi connectivity index (χ4v) is 9.05. The van der Waals surface area contributed by atoms with Gasteiger partial charge in [-0.1, -0.05) is 51.0 Å². The van der Waals surface area contributed by atoms with Crippen LogP contribution in [-0.2, 0) is 42.8 Å². The summed E-state index contributed by atoms with van der Waals surface area (Å²) >= 11 is 0. The molecule has 3 fully saturated rings. The van der Waals surface area contributed by atoms with Gasteiger partial charge in [0.2, 0.25) is 5.91 Å². The van der Waals surface area contributed by atoms with Crippen LogP contribution in [0.5, 0.6) is 0 Å². The van der Waals surface area contributed by atoms with Gasteiger partial charge in [0.15, 0.2) is 18.2 Å². The lowest BCUT2D eigenvalue weighted by molar-refractivity contribution is -0.299. The number of carbonyl (C=O) groups is 4. The van der Waals surface area contributed by atoms with Crippen LogP contribution in [0.4, 0.5) is 0 Å². The number of Topliss-reactive ketones (excluding diaryl/α,β-unsaturated/α-hetero) is 1. The Morgan fingerprint density at radius 2 is 1.76 bits per heavy atom. The summed E-state index contributed by atoms with van der Waals surface area (Å²) in [6, 6.07) is 7.41. The van der Waals surface area contributed by atoms with E-state index in [1.165, 1.54) is 6.92 Å². The Labute approximate surface area is 343 Å². The second kappa shape index (κ2) is 20.1. The van der Waals surface area contributed by atoms with E-state index in [9.17, 15) is 24.7 Å². The fraction of sp³-hybridized carbons (Fsp3) is 0.762. The van der Waals surface area contributed by atoms with Gasteiger partial charge in [0, 0.05) is 30.5 Å². The number of nitrogens with zero attached hydrogens (tertiary/aromatic N) is 5. The molecule has 3 saturated heterocycles. The van der Waals surface area contributed by atoms with Crippen LogP contribution in [0.25, 0.3) is 10.4 Å². The van der Waals surface area contributed by atoms with E-state index < -0.39 is 83.5 Å². The molecule has 1 amide bonds. The molecular formula is C42H66N6O10. The third-order valence-corrected chi connectivity index (χ3v) is 12.9. The minimum absolute atomic E-state index is 0.00471. The summed E-state index contributed by atoms with van der Waals surface area (Å²) in [6.45, 7) is 15.5. The number of rotatable bonds is 9. The van der Waals surface area contributed by atoms with Gasteiger partial charge < -0.3 is 43.5 Å². The number of hydrogen-bond acceptors (Lipinski definition) is 13. The lowest BCUT2D eigenvalue weighted by Gasteiger charge is -2.50. The van der Waals surface area contributed by atoms with Crippen molar-refractivity contribution in [3.63, 3.8) is 0 Å². The van der Waals surface area contributed by atoms with E-state index in [0.29, 0.717) is 31.4 Å². The molecule has 3 aliphatic rings. The Bertz CT molecular complexity index is 1630. The van der Waals surface area contributed by atoms with E-state index in [0.717, 1.165) is 0 Å². The van der Waals surface area contributed by atoms with Crippen molar-refractivity contribution in [2.45, 2.75) is 135 Å². The molecular weight excluding hydrogens is 748 g/mol. The Balaban J connectivity index is 1.81. The molecule has 58 heavy (non-hydrogen) atoms. The van der Waals surface area contributed by atoms with Crippen LogP contribution in [0, 0.1) is 23.7 Å². The van der Waals surface area contributed by atoms with Gasteiger partial charge in [0.25, 0.3) is 0 Å². The maximum absolute atomic E-state index is 14.7. The molecule has 0 bridgehead atoms. The minimum Gasteiger partial charge on any atom is -0.459 e. The highest BCUT2D eigenvalue weighted by Crippen LogP contribution is 2.40. The van der Waals surface area contributed by atoms with Crippen LogP contribution in [0.3, 0.4) is 0 Å². The molecule has 16 heteroatoms. The molecule has 1 unspecified atom stereocenters. The van der Waals surface area contributed by atoms with Crippen molar-refractivity contribution in [2.24, 2.45) is 28.8 Å². The van der Waals surface area contributed by atoms with Crippen LogP contribution >= 0.6 is 0 Å². The zero-order chi connectivity index (χ0) is 43.1. The zero-order valence-corrected chi connectivity index (χ0v) is 36.4. The number of likely N-dealkylation sites (N-methyl/N-ethyl adjacent to an activating group) is 2. The maximum atomic E-state index is 14.7. The number of morpholine rings is 1. The molecule has 0 aliphatic carbocycles. The SMILES string of the molecule is CC[C@H]1OC(=O)[C@@H](C)C(=O)[C@H](C)[C@@H](O[C@@H]2O[C@H](CN=[N+]=[N-])CC(N(C)C)[C@H]2OC(=O)c2ccccc2)[C@@](C)(OC)[C@H](C)C[C@@H](C)CN(C)[C@H](C)[C@H]2NC(=O)CO[C@@]21C. The van der Waals surface area contributed by atoms with E-state index in [-0.39, 0.29) is 36.9 Å². The number of amides is 1. The highest BCUT2D eigenvalue weighted by molar-refractivity contribution is 6.00. The van der Waals surface area contributed by atoms with Gasteiger partial charge >= 0.3 is 11.9 Å². The first kappa shape index (κ1) is 47.1. The molecule has 0 aromatic heterocycles. The zero-order valence-electron chi connectivity index (χ0n) is 36.4. The smallest absolute Gasteiger partial charge is 0.338 e. The quantitative estimate of drug-likeness (QED) is 0.118. The van der Waals surface area contributed by atoms with E-state index in [2.05, 4.69) is 27.2 Å². The van der Waals surface area contributed by atoms with Crippen LogP contribution in [-0.4, -0.2) is 141 Å². The number of carbonyl (C=O) groups excluding carboxylic acids is 4. The second-order valence-electron chi connectivity index (χ2n) is 17.2. The third-order valence-electron chi connectivity index (χ3n) is 12.9. The van der Waals surface area contributed by atoms with Gasteiger partial charge in [-0.3, -0.25) is 14.4 Å². The number of hydrogen-bond donors (Lipinski definition) is 1. The van der Waals surface area contributed by atoms with Gasteiger partial charge in [0.1, 0.15) is 24.2 Å². The molecule has 1 N–H and O–H groups in total. The van der Waals surface area contributed by atoms with E-state index in [1.807, 2.05) is 60.7 Å². The van der Waals surface area contributed by atoms with Crippen LogP contribution in [0.15, 0.2) is 35.4 Å². The number of azide groups is 1. The summed E-state index contributed by atoms with van der Waals surface area (Å²) < 4.78 is 38.5. The van der Waals surface area contributed by atoms with Crippen LogP contribution in [0.2, 0.25) is 0 Å². The van der Waals surface area contributed by atoms with Crippen LogP contribution in [0.1, 0.15) is 85.0 Å². The predicted octanol–water partition coefficient (Wildman–Crippen LogP) is 4.79. The molecule has 16 nitrogen and oxygen atoms in total. The summed E-state index contributed by atoms with van der Waals surface area (Å²) in [5.74, 6) is -4.36.